The Morgan fingerprint density at radius 1 is 0.944 bits per heavy atom. The number of ether oxygens (including phenoxy) is 2. The van der Waals surface area contributed by atoms with Crippen LogP contribution in [0.5, 0.6) is 0 Å². The minimum atomic E-state index is -2.73. The van der Waals surface area contributed by atoms with Crippen LogP contribution in [-0.4, -0.2) is 89.6 Å². The fourth-order valence-corrected chi connectivity index (χ4v) is 5.32. The lowest BCUT2D eigenvalue weighted by Gasteiger charge is -2.45. The number of halogens is 2. The normalized spacial score (nSPS) is 20.2. The van der Waals surface area contributed by atoms with E-state index in [1.165, 1.54) is 4.57 Å². The lowest BCUT2D eigenvalue weighted by atomic mass is 9.94. The molecule has 0 spiro atoms. The Balaban J connectivity index is 1.26. The average Bonchev–Trinajstić information content (AvgIpc) is 3.29. The number of likely N-dealkylation sites (tertiary alicyclic amines) is 1. The number of alkyl halides is 2. The van der Waals surface area contributed by atoms with Gasteiger partial charge in [0.2, 0.25) is 5.95 Å². The molecule has 36 heavy (non-hydrogen) atoms. The van der Waals surface area contributed by atoms with Gasteiger partial charge in [0.05, 0.1) is 24.2 Å². The third-order valence-electron chi connectivity index (χ3n) is 7.29. The molecule has 3 aromatic rings. The number of para-hydroxylation sites is 2. The SMILES string of the molecule is FC(F)c1nc2ccccc2n1-c1cc(N2CCOCC2)nc(NCC2CN(C3CCOCC3)C2)n1. The maximum Gasteiger partial charge on any atom is 0.296 e. The number of rotatable bonds is 7. The highest BCUT2D eigenvalue weighted by Gasteiger charge is 2.33. The third kappa shape index (κ3) is 4.74. The molecule has 3 aliphatic heterocycles. The number of imidazole rings is 1. The molecule has 9 nitrogen and oxygen atoms in total. The van der Waals surface area contributed by atoms with Gasteiger partial charge in [-0.1, -0.05) is 12.1 Å². The molecule has 3 aliphatic rings. The Hall–Kier alpha value is -2.89. The quantitative estimate of drug-likeness (QED) is 0.531. The fourth-order valence-electron chi connectivity index (χ4n) is 5.32. The number of hydrogen-bond donors (Lipinski definition) is 1. The second-order valence-electron chi connectivity index (χ2n) is 9.65. The Bertz CT molecular complexity index is 1190. The largest absolute Gasteiger partial charge is 0.381 e. The summed E-state index contributed by atoms with van der Waals surface area (Å²) in [5, 5.41) is 3.40. The average molecular weight is 500 g/mol. The highest BCUT2D eigenvalue weighted by atomic mass is 19.3. The number of nitrogens with zero attached hydrogens (tertiary/aromatic N) is 6. The first kappa shape index (κ1) is 23.5. The highest BCUT2D eigenvalue weighted by molar-refractivity contribution is 5.78. The van der Waals surface area contributed by atoms with Crippen LogP contribution in [0.4, 0.5) is 20.5 Å². The molecule has 6 rings (SSSR count). The van der Waals surface area contributed by atoms with E-state index in [0.717, 1.165) is 45.7 Å². The number of hydrogen-bond acceptors (Lipinski definition) is 8. The van der Waals surface area contributed by atoms with E-state index in [9.17, 15) is 8.78 Å². The van der Waals surface area contributed by atoms with Crippen molar-refractivity contribution in [3.8, 4) is 5.82 Å². The van der Waals surface area contributed by atoms with E-state index in [2.05, 4.69) is 25.1 Å². The van der Waals surface area contributed by atoms with Crippen molar-refractivity contribution in [2.75, 3.05) is 69.4 Å². The molecule has 0 bridgehead atoms. The van der Waals surface area contributed by atoms with Crippen LogP contribution in [0.3, 0.4) is 0 Å². The van der Waals surface area contributed by atoms with Gasteiger partial charge in [-0.2, -0.15) is 9.97 Å². The van der Waals surface area contributed by atoms with Crippen LogP contribution in [-0.2, 0) is 9.47 Å². The summed E-state index contributed by atoms with van der Waals surface area (Å²) < 4.78 is 40.5. The summed E-state index contributed by atoms with van der Waals surface area (Å²) in [4.78, 5) is 18.3. The maximum absolute atomic E-state index is 14.0. The maximum atomic E-state index is 14.0. The molecule has 192 valence electrons. The second kappa shape index (κ2) is 10.2. The van der Waals surface area contributed by atoms with Gasteiger partial charge in [0.15, 0.2) is 5.82 Å². The predicted molar refractivity (Wildman–Crippen MR) is 132 cm³/mol. The van der Waals surface area contributed by atoms with Crippen LogP contribution in [0, 0.1) is 5.92 Å². The lowest BCUT2D eigenvalue weighted by Crippen LogP contribution is -2.55. The number of anilines is 2. The van der Waals surface area contributed by atoms with Crippen LogP contribution >= 0.6 is 0 Å². The zero-order valence-electron chi connectivity index (χ0n) is 20.2. The predicted octanol–water partition coefficient (Wildman–Crippen LogP) is 3.11. The molecule has 1 aromatic carbocycles. The molecule has 0 atom stereocenters. The number of nitrogens with one attached hydrogen (secondary N) is 1. The van der Waals surface area contributed by atoms with Gasteiger partial charge in [-0.25, -0.2) is 13.8 Å². The molecule has 0 saturated carbocycles. The first-order valence-corrected chi connectivity index (χ1v) is 12.7. The summed E-state index contributed by atoms with van der Waals surface area (Å²) in [5.74, 6) is 1.70. The Labute approximate surface area is 208 Å². The summed E-state index contributed by atoms with van der Waals surface area (Å²) in [6.45, 7) is 7.07. The summed E-state index contributed by atoms with van der Waals surface area (Å²) in [6.07, 6.45) is -0.541. The molecule has 11 heteroatoms. The molecular formula is C25H31F2N7O2. The smallest absolute Gasteiger partial charge is 0.296 e. The van der Waals surface area contributed by atoms with E-state index in [1.54, 1.807) is 24.3 Å². The standard InChI is InChI=1S/C25H31F2N7O2/c26-23(27)24-29-19-3-1-2-4-20(19)34(24)22-13-21(32-7-11-36-12-8-32)30-25(31-22)28-14-17-15-33(16-17)18-5-9-35-10-6-18/h1-4,13,17-18,23H,5-12,14-16H2,(H,28,30,31). The van der Waals surface area contributed by atoms with Crippen molar-refractivity contribution in [2.45, 2.75) is 25.3 Å². The molecule has 1 N–H and O–H groups in total. The molecule has 2 aromatic heterocycles. The van der Waals surface area contributed by atoms with Crippen molar-refractivity contribution < 1.29 is 18.3 Å². The second-order valence-corrected chi connectivity index (χ2v) is 9.65. The highest BCUT2D eigenvalue weighted by Crippen LogP contribution is 2.30. The van der Waals surface area contributed by atoms with Gasteiger partial charge in [0, 0.05) is 64.0 Å². The van der Waals surface area contributed by atoms with E-state index < -0.39 is 6.43 Å². The van der Waals surface area contributed by atoms with Gasteiger partial charge in [0.1, 0.15) is 11.6 Å². The summed E-state index contributed by atoms with van der Waals surface area (Å²) in [7, 11) is 0. The zero-order chi connectivity index (χ0) is 24.5. The summed E-state index contributed by atoms with van der Waals surface area (Å²) >= 11 is 0. The molecule has 0 aliphatic carbocycles. The van der Waals surface area contributed by atoms with Crippen molar-refractivity contribution in [1.82, 2.24) is 24.4 Å². The van der Waals surface area contributed by atoms with Gasteiger partial charge in [-0.15, -0.1) is 0 Å². The monoisotopic (exact) mass is 499 g/mol. The van der Waals surface area contributed by atoms with Gasteiger partial charge in [-0.05, 0) is 25.0 Å². The number of benzene rings is 1. The zero-order valence-corrected chi connectivity index (χ0v) is 20.2. The van der Waals surface area contributed by atoms with Crippen molar-refractivity contribution in [1.29, 1.82) is 0 Å². The van der Waals surface area contributed by atoms with E-state index in [1.807, 2.05) is 6.07 Å². The molecule has 0 amide bonds. The van der Waals surface area contributed by atoms with Gasteiger partial charge in [0.25, 0.3) is 6.43 Å². The number of morpholine rings is 1. The van der Waals surface area contributed by atoms with E-state index in [-0.39, 0.29) is 5.82 Å². The molecular weight excluding hydrogens is 468 g/mol. The summed E-state index contributed by atoms with van der Waals surface area (Å²) in [5.41, 5.74) is 1.10. The van der Waals surface area contributed by atoms with Crippen LogP contribution in [0.2, 0.25) is 0 Å². The lowest BCUT2D eigenvalue weighted by molar-refractivity contribution is -0.0119. The molecule has 3 fully saturated rings. The molecule has 0 radical (unpaired) electrons. The van der Waals surface area contributed by atoms with Crippen molar-refractivity contribution in [3.63, 3.8) is 0 Å². The first-order chi connectivity index (χ1) is 17.7. The third-order valence-corrected chi connectivity index (χ3v) is 7.29. The van der Waals surface area contributed by atoms with Crippen LogP contribution < -0.4 is 10.2 Å². The molecule has 3 saturated heterocycles. The van der Waals surface area contributed by atoms with Gasteiger partial charge < -0.3 is 19.7 Å². The number of aromatic nitrogens is 4. The first-order valence-electron chi connectivity index (χ1n) is 12.7. The van der Waals surface area contributed by atoms with E-state index >= 15 is 0 Å². The van der Waals surface area contributed by atoms with E-state index in [4.69, 9.17) is 14.5 Å². The van der Waals surface area contributed by atoms with Crippen LogP contribution in [0.15, 0.2) is 30.3 Å². The minimum absolute atomic E-state index is 0.320. The van der Waals surface area contributed by atoms with E-state index in [0.29, 0.717) is 66.9 Å². The molecule has 0 unspecified atom stereocenters. The topological polar surface area (TPSA) is 80.6 Å². The van der Waals surface area contributed by atoms with Crippen LogP contribution in [0.25, 0.3) is 16.9 Å². The fraction of sp³-hybridized carbons (Fsp3) is 0.560. The van der Waals surface area contributed by atoms with Gasteiger partial charge >= 0.3 is 0 Å². The Morgan fingerprint density at radius 3 is 2.44 bits per heavy atom. The van der Waals surface area contributed by atoms with Gasteiger partial charge in [-0.3, -0.25) is 9.47 Å². The van der Waals surface area contributed by atoms with Crippen molar-refractivity contribution in [3.05, 3.63) is 36.2 Å². The Kier molecular flexibility index (Phi) is 6.68. The van der Waals surface area contributed by atoms with Crippen LogP contribution in [0.1, 0.15) is 25.1 Å². The number of fused-ring (bicyclic) bond motifs is 1. The van der Waals surface area contributed by atoms with Crippen molar-refractivity contribution in [2.24, 2.45) is 5.92 Å². The molecule has 5 heterocycles. The summed E-state index contributed by atoms with van der Waals surface area (Å²) in [6, 6.07) is 9.53. The Morgan fingerprint density at radius 2 is 1.67 bits per heavy atom. The minimum Gasteiger partial charge on any atom is -0.381 e. The van der Waals surface area contributed by atoms with Crippen molar-refractivity contribution >= 4 is 22.8 Å².